The van der Waals surface area contributed by atoms with Crippen LogP contribution in [0.3, 0.4) is 0 Å². The maximum atomic E-state index is 14.3. The van der Waals surface area contributed by atoms with Crippen LogP contribution in [0.2, 0.25) is 0 Å². The Balaban J connectivity index is 1.72. The first-order chi connectivity index (χ1) is 21.4. The van der Waals surface area contributed by atoms with E-state index >= 15 is 0 Å². The van der Waals surface area contributed by atoms with Crippen molar-refractivity contribution in [1.29, 1.82) is 0 Å². The summed E-state index contributed by atoms with van der Waals surface area (Å²) in [6.45, 7) is 9.06. The number of aryl methyl sites for hydroxylation is 1. The van der Waals surface area contributed by atoms with Gasteiger partial charge >= 0.3 is 0 Å². The number of carbonyl (C=O) groups excluding carboxylic acids is 2. The van der Waals surface area contributed by atoms with Crippen molar-refractivity contribution in [2.45, 2.75) is 64.1 Å². The van der Waals surface area contributed by atoms with E-state index in [9.17, 15) is 18.0 Å². The van der Waals surface area contributed by atoms with Gasteiger partial charge in [-0.05, 0) is 88.2 Å². The summed E-state index contributed by atoms with van der Waals surface area (Å²) in [4.78, 5) is 29.3. The molecule has 0 saturated carbocycles. The van der Waals surface area contributed by atoms with Gasteiger partial charge in [-0.3, -0.25) is 13.9 Å². The number of para-hydroxylation sites is 1. The summed E-state index contributed by atoms with van der Waals surface area (Å²) in [5, 5.41) is 2.99. The predicted octanol–water partition coefficient (Wildman–Crippen LogP) is 6.70. The monoisotopic (exact) mass is 627 g/mol. The van der Waals surface area contributed by atoms with Crippen LogP contribution in [0.4, 0.5) is 5.69 Å². The second kappa shape index (κ2) is 14.4. The van der Waals surface area contributed by atoms with Crippen LogP contribution in [-0.2, 0) is 26.2 Å². The molecule has 0 heterocycles. The fourth-order valence-electron chi connectivity index (χ4n) is 4.93. The minimum Gasteiger partial charge on any atom is -0.457 e. The van der Waals surface area contributed by atoms with Gasteiger partial charge in [0.2, 0.25) is 11.8 Å². The number of ether oxygens (including phenoxy) is 1. The molecular formula is C36H41N3O5S. The summed E-state index contributed by atoms with van der Waals surface area (Å²) < 4.78 is 35.1. The van der Waals surface area contributed by atoms with Crippen LogP contribution in [-0.4, -0.2) is 43.3 Å². The minimum atomic E-state index is -4.17. The van der Waals surface area contributed by atoms with Gasteiger partial charge in [-0.2, -0.15) is 0 Å². The average molecular weight is 628 g/mol. The van der Waals surface area contributed by atoms with E-state index in [-0.39, 0.29) is 23.0 Å². The molecule has 2 amide bonds. The van der Waals surface area contributed by atoms with Crippen molar-refractivity contribution in [1.82, 2.24) is 10.2 Å². The molecule has 1 atom stereocenters. The van der Waals surface area contributed by atoms with Crippen molar-refractivity contribution in [3.05, 3.63) is 120 Å². The van der Waals surface area contributed by atoms with Crippen molar-refractivity contribution >= 4 is 27.5 Å². The normalized spacial score (nSPS) is 12.2. The molecule has 0 radical (unpaired) electrons. The summed E-state index contributed by atoms with van der Waals surface area (Å²) in [6, 6.07) is 30.7. The number of anilines is 1. The Hall–Kier alpha value is -4.63. The second-order valence-electron chi connectivity index (χ2n) is 11.9. The second-order valence-corrected chi connectivity index (χ2v) is 13.8. The zero-order valence-corrected chi connectivity index (χ0v) is 27.3. The van der Waals surface area contributed by atoms with E-state index in [1.54, 1.807) is 42.5 Å². The first-order valence-electron chi connectivity index (χ1n) is 14.9. The lowest BCUT2D eigenvalue weighted by Gasteiger charge is -2.34. The van der Waals surface area contributed by atoms with Gasteiger partial charge < -0.3 is 15.0 Å². The van der Waals surface area contributed by atoms with Crippen LogP contribution >= 0.6 is 0 Å². The molecule has 0 aliphatic rings. The summed E-state index contributed by atoms with van der Waals surface area (Å²) in [7, 11) is -4.17. The molecule has 0 aromatic heterocycles. The van der Waals surface area contributed by atoms with Crippen molar-refractivity contribution in [3.8, 4) is 11.5 Å². The van der Waals surface area contributed by atoms with Crippen LogP contribution in [0.25, 0.3) is 0 Å². The lowest BCUT2D eigenvalue weighted by molar-refractivity contribution is -0.141. The highest BCUT2D eigenvalue weighted by Crippen LogP contribution is 2.29. The molecule has 0 aliphatic heterocycles. The first-order valence-corrected chi connectivity index (χ1v) is 16.4. The third-order valence-corrected chi connectivity index (χ3v) is 8.82. The molecule has 9 heteroatoms. The molecule has 45 heavy (non-hydrogen) atoms. The fourth-order valence-corrected chi connectivity index (χ4v) is 6.37. The van der Waals surface area contributed by atoms with Crippen LogP contribution in [0, 0.1) is 6.92 Å². The third kappa shape index (κ3) is 8.95. The number of nitrogens with zero attached hydrogens (tertiary/aromatic N) is 2. The van der Waals surface area contributed by atoms with Crippen molar-refractivity contribution in [3.63, 3.8) is 0 Å². The van der Waals surface area contributed by atoms with E-state index in [2.05, 4.69) is 5.32 Å². The van der Waals surface area contributed by atoms with Crippen LogP contribution in [0.1, 0.15) is 45.2 Å². The number of rotatable bonds is 12. The van der Waals surface area contributed by atoms with E-state index in [1.165, 1.54) is 17.0 Å². The summed E-state index contributed by atoms with van der Waals surface area (Å²) in [5.74, 6) is 0.349. The van der Waals surface area contributed by atoms with Crippen molar-refractivity contribution in [2.24, 2.45) is 0 Å². The first kappa shape index (κ1) is 33.3. The number of sulfonamides is 1. The van der Waals surface area contributed by atoms with Gasteiger partial charge in [0.25, 0.3) is 10.0 Å². The highest BCUT2D eigenvalue weighted by atomic mass is 32.2. The van der Waals surface area contributed by atoms with Gasteiger partial charge in [0.15, 0.2) is 0 Å². The topological polar surface area (TPSA) is 96.0 Å². The van der Waals surface area contributed by atoms with E-state index in [4.69, 9.17) is 4.74 Å². The summed E-state index contributed by atoms with van der Waals surface area (Å²) >= 11 is 0. The third-order valence-electron chi connectivity index (χ3n) is 7.03. The molecule has 236 valence electrons. The van der Waals surface area contributed by atoms with Crippen molar-refractivity contribution in [2.75, 3.05) is 10.8 Å². The number of carbonyl (C=O) groups is 2. The number of amides is 2. The maximum Gasteiger partial charge on any atom is 0.264 e. The lowest BCUT2D eigenvalue weighted by Crippen LogP contribution is -2.55. The van der Waals surface area contributed by atoms with E-state index in [0.717, 1.165) is 15.4 Å². The Morgan fingerprint density at radius 2 is 1.42 bits per heavy atom. The zero-order chi connectivity index (χ0) is 32.6. The van der Waals surface area contributed by atoms with Gasteiger partial charge in [0.1, 0.15) is 24.1 Å². The van der Waals surface area contributed by atoms with Crippen LogP contribution in [0.15, 0.2) is 114 Å². The van der Waals surface area contributed by atoms with Crippen molar-refractivity contribution < 1.29 is 22.7 Å². The van der Waals surface area contributed by atoms with E-state index < -0.39 is 34.1 Å². The average Bonchev–Trinajstić information content (AvgIpc) is 3.00. The highest BCUT2D eigenvalue weighted by Gasteiger charge is 2.34. The number of hydrogen-bond acceptors (Lipinski definition) is 5. The van der Waals surface area contributed by atoms with Gasteiger partial charge in [-0.15, -0.1) is 0 Å². The maximum absolute atomic E-state index is 14.3. The van der Waals surface area contributed by atoms with E-state index in [0.29, 0.717) is 17.9 Å². The molecule has 4 aromatic carbocycles. The Morgan fingerprint density at radius 3 is 2.00 bits per heavy atom. The molecule has 8 nitrogen and oxygen atoms in total. The van der Waals surface area contributed by atoms with Gasteiger partial charge in [0.05, 0.1) is 10.6 Å². The lowest BCUT2D eigenvalue weighted by atomic mass is 10.0. The van der Waals surface area contributed by atoms with E-state index in [1.807, 2.05) is 89.2 Å². The molecule has 1 N–H and O–H groups in total. The number of hydrogen-bond donors (Lipinski definition) is 1. The fraction of sp³-hybridized carbons (Fsp3) is 0.278. The molecule has 0 aliphatic carbocycles. The predicted molar refractivity (Wildman–Crippen MR) is 178 cm³/mol. The van der Waals surface area contributed by atoms with Crippen LogP contribution < -0.4 is 14.4 Å². The summed E-state index contributed by atoms with van der Waals surface area (Å²) in [6.07, 6.45) is 0.344. The quantitative estimate of drug-likeness (QED) is 0.189. The Kier molecular flexibility index (Phi) is 10.7. The molecule has 0 bridgehead atoms. The zero-order valence-electron chi connectivity index (χ0n) is 26.4. The smallest absolute Gasteiger partial charge is 0.264 e. The summed E-state index contributed by atoms with van der Waals surface area (Å²) in [5.41, 5.74) is 1.62. The molecule has 0 saturated heterocycles. The number of benzene rings is 4. The molecular weight excluding hydrogens is 586 g/mol. The largest absolute Gasteiger partial charge is 0.457 e. The SMILES string of the molecule is CC[C@H](C(=O)NC(C)(C)C)N(Cc1cccc(C)c1)C(=O)CN(c1ccc(Oc2ccccc2)cc1)S(=O)(=O)c1ccccc1. The molecule has 0 spiro atoms. The standard InChI is InChI=1S/C36H41N3O5S/c1-6-33(35(41)37-36(3,4)5)38(25-28-15-13-14-27(2)24-28)34(40)26-39(45(42,43)32-18-11-8-12-19-32)29-20-22-31(23-21-29)44-30-16-9-7-10-17-30/h7-24,33H,6,25-26H2,1-5H3,(H,37,41)/t33-/m1/s1. The Bertz CT molecular complexity index is 1690. The van der Waals surface area contributed by atoms with Gasteiger partial charge in [0, 0.05) is 12.1 Å². The molecule has 0 fully saturated rings. The molecule has 4 aromatic rings. The van der Waals surface area contributed by atoms with Gasteiger partial charge in [-0.25, -0.2) is 8.42 Å². The van der Waals surface area contributed by atoms with Gasteiger partial charge in [-0.1, -0.05) is 73.2 Å². The Labute approximate surface area is 266 Å². The number of nitrogens with one attached hydrogen (secondary N) is 1. The highest BCUT2D eigenvalue weighted by molar-refractivity contribution is 7.92. The Morgan fingerprint density at radius 1 is 0.822 bits per heavy atom. The molecule has 4 rings (SSSR count). The minimum absolute atomic E-state index is 0.0464. The van der Waals surface area contributed by atoms with Crippen LogP contribution in [0.5, 0.6) is 11.5 Å². The molecule has 0 unspecified atom stereocenters.